The van der Waals surface area contributed by atoms with Crippen LogP contribution in [0.3, 0.4) is 0 Å². The number of benzene rings is 2. The van der Waals surface area contributed by atoms with Gasteiger partial charge in [-0.25, -0.2) is 0 Å². The van der Waals surface area contributed by atoms with Crippen molar-refractivity contribution in [2.75, 3.05) is 25.9 Å². The molecule has 2 aromatic carbocycles. The largest absolute Gasteiger partial charge is 0.399 e. The highest BCUT2D eigenvalue weighted by atomic mass is 35.5. The molecular weight excluding hydrogens is 357 g/mol. The zero-order chi connectivity index (χ0) is 16.5. The average Bonchev–Trinajstić information content (AvgIpc) is 2.55. The third kappa shape index (κ3) is 9.34. The van der Waals surface area contributed by atoms with Gasteiger partial charge in [0, 0.05) is 18.8 Å². The Morgan fingerprint density at radius 2 is 1.64 bits per heavy atom. The van der Waals surface area contributed by atoms with E-state index in [1.54, 1.807) is 0 Å². The number of rotatable bonds is 8. The summed E-state index contributed by atoms with van der Waals surface area (Å²) in [7, 11) is 2.10. The number of anilines is 1. The van der Waals surface area contributed by atoms with Crippen molar-refractivity contribution in [3.05, 3.63) is 65.7 Å². The minimum atomic E-state index is 0. The van der Waals surface area contributed by atoms with Gasteiger partial charge in [-0.2, -0.15) is 0 Å². The summed E-state index contributed by atoms with van der Waals surface area (Å²) in [6.45, 7) is 2.59. The lowest BCUT2D eigenvalue weighted by molar-refractivity contribution is -0.120. The van der Waals surface area contributed by atoms with E-state index in [4.69, 9.17) is 5.73 Å². The molecule has 0 unspecified atom stereocenters. The highest BCUT2D eigenvalue weighted by Crippen LogP contribution is 2.06. The Labute approximate surface area is 162 Å². The van der Waals surface area contributed by atoms with Gasteiger partial charge in [-0.05, 0) is 43.3 Å². The van der Waals surface area contributed by atoms with Gasteiger partial charge in [0.25, 0.3) is 0 Å². The van der Waals surface area contributed by atoms with Crippen molar-refractivity contribution in [1.29, 1.82) is 0 Å². The summed E-state index contributed by atoms with van der Waals surface area (Å²) in [4.78, 5) is 14.1. The van der Waals surface area contributed by atoms with Gasteiger partial charge >= 0.3 is 0 Å². The molecule has 4 nitrogen and oxygen atoms in total. The summed E-state index contributed by atoms with van der Waals surface area (Å²) >= 11 is 0. The Bertz CT molecular complexity index is 606. The molecule has 138 valence electrons. The number of nitrogen functional groups attached to an aromatic ring is 1. The van der Waals surface area contributed by atoms with E-state index in [-0.39, 0.29) is 30.7 Å². The van der Waals surface area contributed by atoms with Crippen LogP contribution in [0.25, 0.3) is 0 Å². The Balaban J connectivity index is 0.00000288. The minimum absolute atomic E-state index is 0. The maximum Gasteiger partial charge on any atom is 0.224 e. The first-order chi connectivity index (χ1) is 11.1. The molecule has 0 aliphatic rings. The van der Waals surface area contributed by atoms with E-state index in [0.717, 1.165) is 30.8 Å². The standard InChI is InChI=1S/C19H25N3O.2ClH/c1-22(15-17-6-3-2-4-7-17)13-5-12-21-19(23)14-16-8-10-18(20)11-9-16;;/h2-4,6-11H,5,12-15,20H2,1H3,(H,21,23);2*1H. The summed E-state index contributed by atoms with van der Waals surface area (Å²) in [6, 6.07) is 17.8. The number of hydrogen-bond donors (Lipinski definition) is 2. The van der Waals surface area contributed by atoms with Crippen LogP contribution in [0.5, 0.6) is 0 Å². The van der Waals surface area contributed by atoms with Crippen LogP contribution in [0.2, 0.25) is 0 Å². The molecular formula is C19H27Cl2N3O. The van der Waals surface area contributed by atoms with E-state index in [1.807, 2.05) is 30.3 Å². The summed E-state index contributed by atoms with van der Waals surface area (Å²) in [5.74, 6) is 0.0560. The van der Waals surface area contributed by atoms with Crippen LogP contribution in [0, 0.1) is 0 Å². The first-order valence-corrected chi connectivity index (χ1v) is 7.97. The normalized spacial score (nSPS) is 9.84. The van der Waals surface area contributed by atoms with Crippen molar-refractivity contribution in [3.8, 4) is 0 Å². The van der Waals surface area contributed by atoms with Crippen molar-refractivity contribution in [3.63, 3.8) is 0 Å². The van der Waals surface area contributed by atoms with Crippen LogP contribution in [0.1, 0.15) is 17.5 Å². The number of halogens is 2. The molecule has 6 heteroatoms. The minimum Gasteiger partial charge on any atom is -0.399 e. The van der Waals surface area contributed by atoms with Crippen molar-refractivity contribution in [1.82, 2.24) is 10.2 Å². The molecule has 0 aliphatic heterocycles. The van der Waals surface area contributed by atoms with E-state index in [1.165, 1.54) is 5.56 Å². The number of carbonyl (C=O) groups excluding carboxylic acids is 1. The maximum atomic E-state index is 11.9. The van der Waals surface area contributed by atoms with Crippen LogP contribution in [-0.4, -0.2) is 30.9 Å². The molecule has 0 spiro atoms. The molecule has 0 aliphatic carbocycles. The molecule has 0 saturated heterocycles. The number of amides is 1. The zero-order valence-electron chi connectivity index (χ0n) is 14.5. The average molecular weight is 384 g/mol. The topological polar surface area (TPSA) is 58.4 Å². The van der Waals surface area contributed by atoms with Gasteiger partial charge in [-0.1, -0.05) is 42.5 Å². The third-order valence-electron chi connectivity index (χ3n) is 3.68. The lowest BCUT2D eigenvalue weighted by Gasteiger charge is -2.16. The summed E-state index contributed by atoms with van der Waals surface area (Å²) in [5.41, 5.74) is 8.64. The van der Waals surface area contributed by atoms with E-state index in [0.29, 0.717) is 13.0 Å². The molecule has 0 saturated carbocycles. The van der Waals surface area contributed by atoms with Crippen LogP contribution in [-0.2, 0) is 17.8 Å². The van der Waals surface area contributed by atoms with Crippen LogP contribution >= 0.6 is 24.8 Å². The van der Waals surface area contributed by atoms with Gasteiger partial charge in [0.1, 0.15) is 0 Å². The first-order valence-electron chi connectivity index (χ1n) is 7.97. The highest BCUT2D eigenvalue weighted by Gasteiger charge is 2.04. The second kappa shape index (κ2) is 12.6. The molecule has 0 aromatic heterocycles. The number of nitrogens with one attached hydrogen (secondary N) is 1. The predicted molar refractivity (Wildman–Crippen MR) is 109 cm³/mol. The van der Waals surface area contributed by atoms with Gasteiger partial charge < -0.3 is 16.0 Å². The Morgan fingerprint density at radius 1 is 1.00 bits per heavy atom. The zero-order valence-corrected chi connectivity index (χ0v) is 16.1. The van der Waals surface area contributed by atoms with E-state index < -0.39 is 0 Å². The lowest BCUT2D eigenvalue weighted by Crippen LogP contribution is -2.29. The number of carbonyl (C=O) groups is 1. The Kier molecular flexibility index (Phi) is 11.7. The first kappa shape index (κ1) is 23.2. The molecule has 2 rings (SSSR count). The Morgan fingerprint density at radius 3 is 2.28 bits per heavy atom. The van der Waals surface area contributed by atoms with Gasteiger partial charge in [0.05, 0.1) is 6.42 Å². The molecule has 0 radical (unpaired) electrons. The lowest BCUT2D eigenvalue weighted by atomic mass is 10.1. The van der Waals surface area contributed by atoms with Crippen LogP contribution in [0.4, 0.5) is 5.69 Å². The monoisotopic (exact) mass is 383 g/mol. The van der Waals surface area contributed by atoms with Crippen LogP contribution < -0.4 is 11.1 Å². The van der Waals surface area contributed by atoms with Crippen molar-refractivity contribution >= 4 is 36.4 Å². The molecule has 3 N–H and O–H groups in total. The van der Waals surface area contributed by atoms with Crippen LogP contribution in [0.15, 0.2) is 54.6 Å². The van der Waals surface area contributed by atoms with E-state index in [2.05, 4.69) is 41.5 Å². The fourth-order valence-corrected chi connectivity index (χ4v) is 2.43. The van der Waals surface area contributed by atoms with Crippen molar-refractivity contribution < 1.29 is 4.79 Å². The fourth-order valence-electron chi connectivity index (χ4n) is 2.43. The maximum absolute atomic E-state index is 11.9. The molecule has 0 heterocycles. The Hall–Kier alpha value is -1.75. The second-order valence-corrected chi connectivity index (χ2v) is 5.85. The summed E-state index contributed by atoms with van der Waals surface area (Å²) in [5, 5.41) is 2.97. The third-order valence-corrected chi connectivity index (χ3v) is 3.68. The fraction of sp³-hybridized carbons (Fsp3) is 0.316. The second-order valence-electron chi connectivity index (χ2n) is 5.85. The molecule has 0 atom stereocenters. The van der Waals surface area contributed by atoms with E-state index >= 15 is 0 Å². The molecule has 2 aromatic rings. The quantitative estimate of drug-likeness (QED) is 0.543. The van der Waals surface area contributed by atoms with Crippen molar-refractivity contribution in [2.24, 2.45) is 0 Å². The van der Waals surface area contributed by atoms with Crippen molar-refractivity contribution in [2.45, 2.75) is 19.4 Å². The van der Waals surface area contributed by atoms with Gasteiger partial charge in [0.2, 0.25) is 5.91 Å². The number of nitrogens with zero attached hydrogens (tertiary/aromatic N) is 1. The number of nitrogens with two attached hydrogens (primary N) is 1. The summed E-state index contributed by atoms with van der Waals surface area (Å²) < 4.78 is 0. The highest BCUT2D eigenvalue weighted by molar-refractivity contribution is 5.85. The van der Waals surface area contributed by atoms with Gasteiger partial charge in [-0.3, -0.25) is 4.79 Å². The molecule has 0 bridgehead atoms. The summed E-state index contributed by atoms with van der Waals surface area (Å²) in [6.07, 6.45) is 1.34. The van der Waals surface area contributed by atoms with Gasteiger partial charge in [-0.15, -0.1) is 24.8 Å². The SMILES string of the molecule is CN(CCCNC(=O)Cc1ccc(N)cc1)Cc1ccccc1.Cl.Cl. The van der Waals surface area contributed by atoms with Gasteiger partial charge in [0.15, 0.2) is 0 Å². The smallest absolute Gasteiger partial charge is 0.224 e. The molecule has 0 fully saturated rings. The number of hydrogen-bond acceptors (Lipinski definition) is 3. The molecule has 25 heavy (non-hydrogen) atoms. The molecule has 1 amide bonds. The predicted octanol–water partition coefficient (Wildman–Crippen LogP) is 3.29. The van der Waals surface area contributed by atoms with E-state index in [9.17, 15) is 4.79 Å².